The third-order valence-corrected chi connectivity index (χ3v) is 2.73. The van der Waals surface area contributed by atoms with Crippen LogP contribution in [0.1, 0.15) is 18.5 Å². The molecule has 0 atom stereocenters. The molecule has 110 valence electrons. The number of nitro groups is 1. The molecule has 0 radical (unpaired) electrons. The minimum absolute atomic E-state index is 0.408. The van der Waals surface area contributed by atoms with Crippen LogP contribution in [0.5, 0.6) is 5.75 Å². The molecule has 0 aliphatic rings. The standard InChI is InChI=1S/C13H20N4O3/c1-14-13(10-17(18)19)16-8-4-3-6-11-12(20-2)7-5-9-15-11/h5,7,9-10,14,16H,3-4,6,8H2,1-2H3. The highest BCUT2D eigenvalue weighted by molar-refractivity contribution is 5.26. The molecule has 0 fully saturated rings. The quantitative estimate of drug-likeness (QED) is 0.402. The number of hydrogen-bond acceptors (Lipinski definition) is 6. The van der Waals surface area contributed by atoms with Crippen LogP contribution in [0.25, 0.3) is 0 Å². The van der Waals surface area contributed by atoms with Gasteiger partial charge in [-0.2, -0.15) is 0 Å². The molecular formula is C13H20N4O3. The van der Waals surface area contributed by atoms with Gasteiger partial charge in [0.15, 0.2) is 5.82 Å². The second-order valence-electron chi connectivity index (χ2n) is 4.11. The van der Waals surface area contributed by atoms with Gasteiger partial charge in [0.1, 0.15) is 5.75 Å². The van der Waals surface area contributed by atoms with Crippen LogP contribution < -0.4 is 15.4 Å². The summed E-state index contributed by atoms with van der Waals surface area (Å²) in [5.74, 6) is 1.20. The first-order chi connectivity index (χ1) is 9.67. The molecule has 0 saturated heterocycles. The average molecular weight is 280 g/mol. The Bertz CT molecular complexity index is 463. The van der Waals surface area contributed by atoms with E-state index in [1.165, 1.54) is 0 Å². The molecule has 7 nitrogen and oxygen atoms in total. The van der Waals surface area contributed by atoms with E-state index in [1.807, 2.05) is 12.1 Å². The minimum atomic E-state index is -0.489. The second-order valence-corrected chi connectivity index (χ2v) is 4.11. The maximum absolute atomic E-state index is 10.3. The molecule has 0 amide bonds. The lowest BCUT2D eigenvalue weighted by Gasteiger charge is -2.09. The van der Waals surface area contributed by atoms with Crippen LogP contribution in [0.2, 0.25) is 0 Å². The van der Waals surface area contributed by atoms with E-state index in [2.05, 4.69) is 15.6 Å². The van der Waals surface area contributed by atoms with Gasteiger partial charge < -0.3 is 15.4 Å². The fourth-order valence-electron chi connectivity index (χ4n) is 1.74. The fraction of sp³-hybridized carbons (Fsp3) is 0.462. The Hall–Kier alpha value is -2.31. The van der Waals surface area contributed by atoms with Gasteiger partial charge in [-0.3, -0.25) is 15.1 Å². The molecule has 20 heavy (non-hydrogen) atoms. The SMILES string of the molecule is CNC(=C[N+](=O)[O-])NCCCCc1ncccc1OC. The predicted molar refractivity (Wildman–Crippen MR) is 75.9 cm³/mol. The number of ether oxygens (including phenoxy) is 1. The molecule has 0 bridgehead atoms. The summed E-state index contributed by atoms with van der Waals surface area (Å²) in [6, 6.07) is 3.73. The van der Waals surface area contributed by atoms with Crippen molar-refractivity contribution in [2.24, 2.45) is 0 Å². The van der Waals surface area contributed by atoms with E-state index in [0.717, 1.165) is 36.9 Å². The molecule has 7 heteroatoms. The number of nitrogens with one attached hydrogen (secondary N) is 2. The van der Waals surface area contributed by atoms with Gasteiger partial charge in [0.25, 0.3) is 6.20 Å². The molecule has 1 aromatic heterocycles. The highest BCUT2D eigenvalue weighted by atomic mass is 16.6. The summed E-state index contributed by atoms with van der Waals surface area (Å²) in [6.07, 6.45) is 5.29. The third kappa shape index (κ3) is 5.55. The smallest absolute Gasteiger partial charge is 0.274 e. The Kier molecular flexibility index (Phi) is 6.88. The van der Waals surface area contributed by atoms with E-state index >= 15 is 0 Å². The van der Waals surface area contributed by atoms with Crippen molar-refractivity contribution in [3.05, 3.63) is 46.2 Å². The van der Waals surface area contributed by atoms with Crippen LogP contribution >= 0.6 is 0 Å². The zero-order valence-electron chi connectivity index (χ0n) is 11.8. The highest BCUT2D eigenvalue weighted by Gasteiger charge is 2.03. The van der Waals surface area contributed by atoms with Crippen LogP contribution in [-0.2, 0) is 6.42 Å². The second kappa shape index (κ2) is 8.73. The summed E-state index contributed by atoms with van der Waals surface area (Å²) in [7, 11) is 3.27. The van der Waals surface area contributed by atoms with Crippen molar-refractivity contribution in [3.63, 3.8) is 0 Å². The largest absolute Gasteiger partial charge is 0.495 e. The fourth-order valence-corrected chi connectivity index (χ4v) is 1.74. The Morgan fingerprint density at radius 1 is 1.55 bits per heavy atom. The molecule has 0 aromatic carbocycles. The predicted octanol–water partition coefficient (Wildman–Crippen LogP) is 1.30. The first kappa shape index (κ1) is 15.7. The first-order valence-corrected chi connectivity index (χ1v) is 6.42. The third-order valence-electron chi connectivity index (χ3n) is 2.73. The molecular weight excluding hydrogens is 260 g/mol. The number of nitrogens with zero attached hydrogens (tertiary/aromatic N) is 2. The molecule has 0 unspecified atom stereocenters. The normalized spacial score (nSPS) is 11.0. The first-order valence-electron chi connectivity index (χ1n) is 6.42. The number of aromatic nitrogens is 1. The van der Waals surface area contributed by atoms with Crippen LogP contribution in [0.4, 0.5) is 0 Å². The van der Waals surface area contributed by atoms with Crippen LogP contribution in [0.3, 0.4) is 0 Å². The maximum atomic E-state index is 10.3. The lowest BCUT2D eigenvalue weighted by molar-refractivity contribution is -0.404. The summed E-state index contributed by atoms with van der Waals surface area (Å²) in [5.41, 5.74) is 0.935. The van der Waals surface area contributed by atoms with Gasteiger partial charge in [-0.15, -0.1) is 0 Å². The van der Waals surface area contributed by atoms with Crippen molar-refractivity contribution >= 4 is 0 Å². The molecule has 0 aliphatic carbocycles. The summed E-state index contributed by atoms with van der Waals surface area (Å²) in [5, 5.41) is 16.0. The van der Waals surface area contributed by atoms with Crippen molar-refractivity contribution in [1.29, 1.82) is 0 Å². The van der Waals surface area contributed by atoms with Gasteiger partial charge >= 0.3 is 0 Å². The lowest BCUT2D eigenvalue weighted by atomic mass is 10.1. The van der Waals surface area contributed by atoms with Crippen molar-refractivity contribution in [1.82, 2.24) is 15.6 Å². The molecule has 1 rings (SSSR count). The van der Waals surface area contributed by atoms with Crippen LogP contribution in [-0.4, -0.2) is 30.6 Å². The number of hydrogen-bond donors (Lipinski definition) is 2. The molecule has 1 aromatic rings. The zero-order chi connectivity index (χ0) is 14.8. The maximum Gasteiger partial charge on any atom is 0.274 e. The summed E-state index contributed by atoms with van der Waals surface area (Å²) >= 11 is 0. The molecule has 0 saturated carbocycles. The number of aryl methyl sites for hydroxylation is 1. The Balaban J connectivity index is 2.30. The van der Waals surface area contributed by atoms with Gasteiger partial charge in [0, 0.05) is 19.8 Å². The van der Waals surface area contributed by atoms with E-state index in [-0.39, 0.29) is 0 Å². The van der Waals surface area contributed by atoms with E-state index < -0.39 is 4.92 Å². The molecule has 0 spiro atoms. The monoisotopic (exact) mass is 280 g/mol. The summed E-state index contributed by atoms with van der Waals surface area (Å²) < 4.78 is 5.23. The van der Waals surface area contributed by atoms with Crippen molar-refractivity contribution < 1.29 is 9.66 Å². The number of rotatable bonds is 9. The summed E-state index contributed by atoms with van der Waals surface area (Å²) in [4.78, 5) is 14.1. The Labute approximate surface area is 118 Å². The van der Waals surface area contributed by atoms with Crippen molar-refractivity contribution in [2.75, 3.05) is 20.7 Å². The number of unbranched alkanes of at least 4 members (excludes halogenated alkanes) is 1. The van der Waals surface area contributed by atoms with Crippen molar-refractivity contribution in [2.45, 2.75) is 19.3 Å². The summed E-state index contributed by atoms with van der Waals surface area (Å²) in [6.45, 7) is 0.662. The van der Waals surface area contributed by atoms with Gasteiger partial charge in [0.2, 0.25) is 0 Å². The van der Waals surface area contributed by atoms with Gasteiger partial charge in [0.05, 0.1) is 17.7 Å². The van der Waals surface area contributed by atoms with E-state index in [0.29, 0.717) is 12.4 Å². The van der Waals surface area contributed by atoms with Crippen LogP contribution in [0.15, 0.2) is 30.4 Å². The highest BCUT2D eigenvalue weighted by Crippen LogP contribution is 2.16. The minimum Gasteiger partial charge on any atom is -0.495 e. The number of pyridine rings is 1. The van der Waals surface area contributed by atoms with Crippen molar-refractivity contribution in [3.8, 4) is 5.75 Å². The van der Waals surface area contributed by atoms with Gasteiger partial charge in [-0.25, -0.2) is 0 Å². The van der Waals surface area contributed by atoms with E-state index in [4.69, 9.17) is 4.74 Å². The average Bonchev–Trinajstić information content (AvgIpc) is 2.45. The Morgan fingerprint density at radius 2 is 2.35 bits per heavy atom. The van der Waals surface area contributed by atoms with Crippen LogP contribution in [0, 0.1) is 10.1 Å². The Morgan fingerprint density at radius 3 is 3.00 bits per heavy atom. The topological polar surface area (TPSA) is 89.3 Å². The van der Waals surface area contributed by atoms with Gasteiger partial charge in [-0.05, 0) is 31.4 Å². The van der Waals surface area contributed by atoms with E-state index in [9.17, 15) is 10.1 Å². The zero-order valence-corrected chi connectivity index (χ0v) is 11.8. The number of methoxy groups -OCH3 is 1. The van der Waals surface area contributed by atoms with E-state index in [1.54, 1.807) is 20.4 Å². The lowest BCUT2D eigenvalue weighted by Crippen LogP contribution is -2.25. The molecule has 1 heterocycles. The molecule has 2 N–H and O–H groups in total. The van der Waals surface area contributed by atoms with Gasteiger partial charge in [-0.1, -0.05) is 0 Å². The molecule has 0 aliphatic heterocycles.